The fourth-order valence-corrected chi connectivity index (χ4v) is 0. The Hall–Kier alpha value is 1.56. The van der Waals surface area contributed by atoms with E-state index in [0.717, 1.165) is 0 Å². The summed E-state index contributed by atoms with van der Waals surface area (Å²) in [5.74, 6) is 0. The third-order valence-corrected chi connectivity index (χ3v) is 1.59. The van der Waals surface area contributed by atoms with Crippen LogP contribution in [-0.2, 0) is 17.3 Å². The minimum absolute atomic E-state index is 1.28. The van der Waals surface area contributed by atoms with Crippen LogP contribution in [0.25, 0.3) is 0 Å². The quantitative estimate of drug-likeness (QED) is 0.432. The Morgan fingerprint density at radius 2 is 1.44 bits per heavy atom. The van der Waals surface area contributed by atoms with E-state index in [1.165, 1.54) is 20.4 Å². The minimum atomic E-state index is -3.58. The average molecular weight is 317 g/mol. The summed E-state index contributed by atoms with van der Waals surface area (Å²) in [6.45, 7) is 2.57. The Morgan fingerprint density at radius 1 is 1.33 bits per heavy atom. The third-order valence-electron chi connectivity index (χ3n) is 0.528. The Morgan fingerprint density at radius 3 is 1.44 bits per heavy atom. The van der Waals surface area contributed by atoms with Gasteiger partial charge in [-0.05, 0) is 0 Å². The third kappa shape index (κ3) is 17.7. The van der Waals surface area contributed by atoms with E-state index in [2.05, 4.69) is 17.3 Å². The van der Waals surface area contributed by atoms with Crippen molar-refractivity contribution in [2.75, 3.05) is 20.4 Å². The molecule has 9 heavy (non-hydrogen) atoms. The van der Waals surface area contributed by atoms with E-state index < -0.39 is 7.28 Å². The van der Waals surface area contributed by atoms with Gasteiger partial charge in [-0.3, -0.25) is 0 Å². The van der Waals surface area contributed by atoms with Crippen LogP contribution in [-0.4, -0.2) is 30.2 Å². The summed E-state index contributed by atoms with van der Waals surface area (Å²) in [4.78, 5) is 17.5. The van der Waals surface area contributed by atoms with Crippen LogP contribution < -0.4 is 0 Å². The number of halogens is 1. The van der Waals surface area contributed by atoms with Crippen LogP contribution in [0.5, 0.6) is 0 Å². The molecule has 0 aromatic carbocycles. The molecule has 0 aliphatic carbocycles. The summed E-state index contributed by atoms with van der Waals surface area (Å²) in [6.07, 6.45) is 0. The SMILES string of the molecule is COP(C)(C)(O)O.[Cu][I]. The summed E-state index contributed by atoms with van der Waals surface area (Å²) >= 11 is 5.87. The first-order valence-electron chi connectivity index (χ1n) is 2.00. The molecule has 6 heteroatoms. The zero-order valence-corrected chi connectivity index (χ0v) is 9.42. The van der Waals surface area contributed by atoms with Gasteiger partial charge in [0.15, 0.2) is 0 Å². The fraction of sp³-hybridized carbons (Fsp3) is 1.00. The van der Waals surface area contributed by atoms with Crippen molar-refractivity contribution in [1.29, 1.82) is 0 Å². The summed E-state index contributed by atoms with van der Waals surface area (Å²) in [7, 11) is -2.30. The molecule has 3 nitrogen and oxygen atoms in total. The van der Waals surface area contributed by atoms with Crippen molar-refractivity contribution in [3.8, 4) is 0 Å². The van der Waals surface area contributed by atoms with Crippen LogP contribution in [0, 0.1) is 0 Å². The molecule has 0 rings (SSSR count). The van der Waals surface area contributed by atoms with Crippen LogP contribution in [0.4, 0.5) is 0 Å². The summed E-state index contributed by atoms with van der Waals surface area (Å²) in [6, 6.07) is 0. The summed E-state index contributed by atoms with van der Waals surface area (Å²) in [5, 5.41) is 0. The molecule has 2 N–H and O–H groups in total. The van der Waals surface area contributed by atoms with E-state index in [1.807, 2.05) is 0 Å². The van der Waals surface area contributed by atoms with Gasteiger partial charge >= 0.3 is 75.1 Å². The standard InChI is InChI=1S/C3H11O3P.Cu.HI/c1-6-7(2,3,4)5;;/h4-5H,1-3H3;;1H/q;+1;/p-1. The molecule has 64 valence electrons. The van der Waals surface area contributed by atoms with Gasteiger partial charge in [0.25, 0.3) is 0 Å². The molecule has 0 radical (unpaired) electrons. The maximum atomic E-state index is 8.76. The Balaban J connectivity index is 0. The molecule has 0 amide bonds. The maximum absolute atomic E-state index is 8.76. The van der Waals surface area contributed by atoms with E-state index in [4.69, 9.17) is 9.79 Å². The van der Waals surface area contributed by atoms with Crippen LogP contribution in [0.3, 0.4) is 0 Å². The van der Waals surface area contributed by atoms with Gasteiger partial charge in [0.2, 0.25) is 0 Å². The van der Waals surface area contributed by atoms with E-state index in [9.17, 15) is 0 Å². The van der Waals surface area contributed by atoms with Crippen molar-refractivity contribution in [3.63, 3.8) is 0 Å². The van der Waals surface area contributed by atoms with E-state index >= 15 is 0 Å². The van der Waals surface area contributed by atoms with Crippen LogP contribution in [0.2, 0.25) is 0 Å². The average Bonchev–Trinajstić information content (AvgIpc) is 1.69. The Kier molecular flexibility index (Phi) is 6.50. The predicted octanol–water partition coefficient (Wildman–Crippen LogP) is 1.06. The molecule has 0 heterocycles. The monoisotopic (exact) mass is 316 g/mol. The first-order chi connectivity index (χ1) is 3.81. The van der Waals surface area contributed by atoms with Crippen molar-refractivity contribution in [3.05, 3.63) is 0 Å². The summed E-state index contributed by atoms with van der Waals surface area (Å²) < 4.78 is 4.37. The molecule has 0 aliphatic rings. The molecule has 0 fully saturated rings. The molecule has 0 atom stereocenters. The van der Waals surface area contributed by atoms with E-state index in [1.54, 1.807) is 20.3 Å². The number of rotatable bonds is 1. The summed E-state index contributed by atoms with van der Waals surface area (Å²) in [5.41, 5.74) is 0. The molecule has 0 aliphatic heterocycles. The first kappa shape index (κ1) is 13.2. The van der Waals surface area contributed by atoms with Gasteiger partial charge < -0.3 is 0 Å². The predicted molar refractivity (Wildman–Crippen MR) is 44.2 cm³/mol. The molecule has 0 aromatic heterocycles. The van der Waals surface area contributed by atoms with Crippen LogP contribution >= 0.6 is 27.6 Å². The van der Waals surface area contributed by atoms with Crippen LogP contribution in [0.1, 0.15) is 0 Å². The molecule has 0 saturated carbocycles. The fourth-order valence-electron chi connectivity index (χ4n) is 0. The molecule has 0 unspecified atom stereocenters. The second-order valence-electron chi connectivity index (χ2n) is 2.05. The molecular formula is C3H11CuIO3P. The van der Waals surface area contributed by atoms with Crippen molar-refractivity contribution in [2.45, 2.75) is 0 Å². The molecule has 0 aromatic rings. The van der Waals surface area contributed by atoms with Crippen LogP contribution in [0.15, 0.2) is 0 Å². The van der Waals surface area contributed by atoms with Crippen molar-refractivity contribution in [2.24, 2.45) is 0 Å². The van der Waals surface area contributed by atoms with Gasteiger partial charge in [-0.25, -0.2) is 0 Å². The molecule has 0 bridgehead atoms. The van der Waals surface area contributed by atoms with Gasteiger partial charge in [-0.2, -0.15) is 0 Å². The van der Waals surface area contributed by atoms with E-state index in [-0.39, 0.29) is 0 Å². The van der Waals surface area contributed by atoms with Gasteiger partial charge in [0.05, 0.1) is 0 Å². The zero-order valence-electron chi connectivity index (χ0n) is 5.43. The molecule has 0 saturated heterocycles. The van der Waals surface area contributed by atoms with Crippen molar-refractivity contribution < 1.29 is 27.1 Å². The van der Waals surface area contributed by atoms with Gasteiger partial charge in [-0.1, -0.05) is 0 Å². The second kappa shape index (κ2) is 4.44. The number of hydrogen-bond donors (Lipinski definition) is 2. The van der Waals surface area contributed by atoms with Gasteiger partial charge in [0.1, 0.15) is 0 Å². The Bertz CT molecular complexity index is 71.6. The zero-order chi connectivity index (χ0) is 8.15. The topological polar surface area (TPSA) is 49.7 Å². The van der Waals surface area contributed by atoms with Crippen molar-refractivity contribution in [1.82, 2.24) is 0 Å². The Labute approximate surface area is 74.9 Å². The molecular weight excluding hydrogens is 305 g/mol. The van der Waals surface area contributed by atoms with Gasteiger partial charge in [0, 0.05) is 0 Å². The van der Waals surface area contributed by atoms with Gasteiger partial charge in [-0.15, -0.1) is 0 Å². The normalized spacial score (nSPS) is 14.9. The second-order valence-corrected chi connectivity index (χ2v) is 6.14. The first-order valence-corrected chi connectivity index (χ1v) is 7.99. The van der Waals surface area contributed by atoms with Crippen molar-refractivity contribution >= 4 is 27.6 Å². The molecule has 0 spiro atoms. The number of hydrogen-bond acceptors (Lipinski definition) is 3. The van der Waals surface area contributed by atoms with E-state index in [0.29, 0.717) is 0 Å².